The maximum Gasteiger partial charge on any atom is 0.237 e. The lowest BCUT2D eigenvalue weighted by molar-refractivity contribution is -0.123. The highest BCUT2D eigenvalue weighted by Gasteiger charge is 2.31. The van der Waals surface area contributed by atoms with Crippen LogP contribution in [-0.4, -0.2) is 24.4 Å². The van der Waals surface area contributed by atoms with Gasteiger partial charge in [0.25, 0.3) is 0 Å². The summed E-state index contributed by atoms with van der Waals surface area (Å²) >= 11 is 0. The number of benzene rings is 3. The molecule has 3 aromatic carbocycles. The molecule has 1 heterocycles. The Hall–Kier alpha value is -3.44. The molecule has 2 unspecified atom stereocenters. The summed E-state index contributed by atoms with van der Waals surface area (Å²) in [6.07, 6.45) is 1.87. The lowest BCUT2D eigenvalue weighted by Crippen LogP contribution is -2.46. The molecule has 0 fully saturated rings. The van der Waals surface area contributed by atoms with Gasteiger partial charge in [0.2, 0.25) is 11.8 Å². The fourth-order valence-corrected chi connectivity index (χ4v) is 5.29. The van der Waals surface area contributed by atoms with Gasteiger partial charge in [0, 0.05) is 13.5 Å². The number of aryl methyl sites for hydroxylation is 3. The van der Waals surface area contributed by atoms with E-state index in [1.165, 1.54) is 11.1 Å². The number of hydrogen-bond acceptors (Lipinski definition) is 3. The zero-order valence-electron chi connectivity index (χ0n) is 21.1. The maximum atomic E-state index is 13.2. The van der Waals surface area contributed by atoms with Gasteiger partial charge in [0.05, 0.1) is 17.8 Å². The van der Waals surface area contributed by atoms with Crippen LogP contribution in [-0.2, 0) is 22.4 Å². The molecule has 0 aliphatic carbocycles. The molecule has 0 saturated heterocycles. The van der Waals surface area contributed by atoms with E-state index in [0.29, 0.717) is 19.4 Å². The van der Waals surface area contributed by atoms with E-state index in [4.69, 9.17) is 5.73 Å². The monoisotopic (exact) mass is 469 g/mol. The molecule has 1 aliphatic heterocycles. The lowest BCUT2D eigenvalue weighted by Gasteiger charge is -2.36. The SMILES string of the molecule is CC(=O)N1CCC(NC(=O)C(N)Cc2c(C)cc(C)cc2C)c2cccc(Cc3ccccc3)c21. The number of anilines is 1. The van der Waals surface area contributed by atoms with Crippen LogP contribution in [0.1, 0.15) is 58.3 Å². The van der Waals surface area contributed by atoms with E-state index >= 15 is 0 Å². The number of hydrogen-bond donors (Lipinski definition) is 2. The van der Waals surface area contributed by atoms with Gasteiger partial charge < -0.3 is 16.0 Å². The van der Waals surface area contributed by atoms with E-state index in [-0.39, 0.29) is 17.9 Å². The van der Waals surface area contributed by atoms with Gasteiger partial charge in [-0.25, -0.2) is 0 Å². The smallest absolute Gasteiger partial charge is 0.237 e. The van der Waals surface area contributed by atoms with E-state index in [1.54, 1.807) is 6.92 Å². The third-order valence-corrected chi connectivity index (χ3v) is 6.97. The summed E-state index contributed by atoms with van der Waals surface area (Å²) in [6, 6.07) is 19.8. The molecule has 182 valence electrons. The summed E-state index contributed by atoms with van der Waals surface area (Å²) in [7, 11) is 0. The number of amides is 2. The Balaban J connectivity index is 1.58. The molecule has 5 nitrogen and oxygen atoms in total. The van der Waals surface area contributed by atoms with E-state index in [0.717, 1.165) is 39.9 Å². The predicted octanol–water partition coefficient (Wildman–Crippen LogP) is 4.69. The van der Waals surface area contributed by atoms with E-state index < -0.39 is 6.04 Å². The Morgan fingerprint density at radius 2 is 1.71 bits per heavy atom. The predicted molar refractivity (Wildman–Crippen MR) is 142 cm³/mol. The summed E-state index contributed by atoms with van der Waals surface area (Å²) in [5.41, 5.74) is 15.2. The van der Waals surface area contributed by atoms with Gasteiger partial charge in [-0.05, 0) is 73.4 Å². The molecule has 35 heavy (non-hydrogen) atoms. The standard InChI is InChI=1S/C30H35N3O2/c1-19-15-20(2)26(21(3)16-19)18-27(31)30(35)32-28-13-14-33(22(4)34)29-24(11-8-12-25(28)29)17-23-9-6-5-7-10-23/h5-12,15-16,27-28H,13-14,17-18,31H2,1-4H3,(H,32,35). The fraction of sp³-hybridized carbons (Fsp3) is 0.333. The number of nitrogens with two attached hydrogens (primary N) is 1. The summed E-state index contributed by atoms with van der Waals surface area (Å²) in [5.74, 6) is -0.149. The molecule has 1 aliphatic rings. The molecule has 4 rings (SSSR count). The minimum absolute atomic E-state index is 0.0126. The first kappa shape index (κ1) is 24.7. The van der Waals surface area contributed by atoms with Crippen molar-refractivity contribution in [1.29, 1.82) is 0 Å². The van der Waals surface area contributed by atoms with Gasteiger partial charge in [-0.15, -0.1) is 0 Å². The zero-order valence-corrected chi connectivity index (χ0v) is 21.1. The van der Waals surface area contributed by atoms with Gasteiger partial charge in [-0.2, -0.15) is 0 Å². The molecule has 5 heteroatoms. The van der Waals surface area contributed by atoms with E-state index in [2.05, 4.69) is 56.4 Å². The Kier molecular flexibility index (Phi) is 7.37. The van der Waals surface area contributed by atoms with Gasteiger partial charge >= 0.3 is 0 Å². The average molecular weight is 470 g/mol. The summed E-state index contributed by atoms with van der Waals surface area (Å²) in [6.45, 7) is 8.38. The van der Waals surface area contributed by atoms with Crippen LogP contribution in [0, 0.1) is 20.8 Å². The van der Waals surface area contributed by atoms with Gasteiger partial charge in [-0.1, -0.05) is 66.2 Å². The van der Waals surface area contributed by atoms with E-state index in [9.17, 15) is 9.59 Å². The van der Waals surface area contributed by atoms with Crippen LogP contribution >= 0.6 is 0 Å². The molecule has 0 radical (unpaired) electrons. The highest BCUT2D eigenvalue weighted by atomic mass is 16.2. The van der Waals surface area contributed by atoms with Crippen LogP contribution in [0.2, 0.25) is 0 Å². The van der Waals surface area contributed by atoms with Crippen molar-refractivity contribution in [2.24, 2.45) is 5.73 Å². The first-order valence-electron chi connectivity index (χ1n) is 12.3. The van der Waals surface area contributed by atoms with E-state index in [1.807, 2.05) is 35.2 Å². The highest BCUT2D eigenvalue weighted by molar-refractivity contribution is 5.94. The summed E-state index contributed by atoms with van der Waals surface area (Å²) in [4.78, 5) is 27.5. The summed E-state index contributed by atoms with van der Waals surface area (Å²) in [5, 5.41) is 3.19. The van der Waals surface area contributed by atoms with Crippen LogP contribution in [0.15, 0.2) is 60.7 Å². The molecule has 0 aromatic heterocycles. The fourth-order valence-electron chi connectivity index (χ4n) is 5.29. The topological polar surface area (TPSA) is 75.4 Å². The molecule has 3 aromatic rings. The average Bonchev–Trinajstić information content (AvgIpc) is 2.82. The third-order valence-electron chi connectivity index (χ3n) is 6.97. The van der Waals surface area contributed by atoms with Crippen LogP contribution in [0.3, 0.4) is 0 Å². The van der Waals surface area contributed by atoms with Crippen molar-refractivity contribution in [2.75, 3.05) is 11.4 Å². The maximum absolute atomic E-state index is 13.2. The number of fused-ring (bicyclic) bond motifs is 1. The van der Waals surface area contributed by atoms with Crippen molar-refractivity contribution in [3.05, 3.63) is 99.6 Å². The van der Waals surface area contributed by atoms with Crippen molar-refractivity contribution >= 4 is 17.5 Å². The number of nitrogens with zero attached hydrogens (tertiary/aromatic N) is 1. The largest absolute Gasteiger partial charge is 0.348 e. The Bertz CT molecular complexity index is 1210. The molecule has 3 N–H and O–H groups in total. The van der Waals surface area contributed by atoms with Gasteiger partial charge in [-0.3, -0.25) is 9.59 Å². The number of carbonyl (C=O) groups is 2. The number of carbonyl (C=O) groups excluding carboxylic acids is 2. The first-order valence-corrected chi connectivity index (χ1v) is 12.3. The minimum atomic E-state index is -0.642. The first-order chi connectivity index (χ1) is 16.7. The quantitative estimate of drug-likeness (QED) is 0.550. The Labute approximate surface area is 208 Å². The van der Waals surface area contributed by atoms with Crippen LogP contribution in [0.25, 0.3) is 0 Å². The van der Waals surface area contributed by atoms with Gasteiger partial charge in [0.1, 0.15) is 0 Å². The molecule has 0 bridgehead atoms. The highest BCUT2D eigenvalue weighted by Crippen LogP contribution is 2.37. The number of rotatable bonds is 6. The summed E-state index contributed by atoms with van der Waals surface area (Å²) < 4.78 is 0. The second-order valence-corrected chi connectivity index (χ2v) is 9.73. The zero-order chi connectivity index (χ0) is 25.1. The minimum Gasteiger partial charge on any atom is -0.348 e. The molecular formula is C30H35N3O2. The number of para-hydroxylation sites is 1. The van der Waals surface area contributed by atoms with Crippen molar-refractivity contribution in [2.45, 2.75) is 59.0 Å². The molecule has 2 atom stereocenters. The van der Waals surface area contributed by atoms with Crippen molar-refractivity contribution in [1.82, 2.24) is 5.32 Å². The third kappa shape index (κ3) is 5.46. The molecule has 2 amide bonds. The number of nitrogens with one attached hydrogen (secondary N) is 1. The normalized spacial score (nSPS) is 15.9. The Morgan fingerprint density at radius 3 is 2.37 bits per heavy atom. The molecule has 0 spiro atoms. The van der Waals surface area contributed by atoms with Crippen LogP contribution < -0.4 is 16.0 Å². The van der Waals surface area contributed by atoms with Crippen LogP contribution in [0.5, 0.6) is 0 Å². The second-order valence-electron chi connectivity index (χ2n) is 9.73. The van der Waals surface area contributed by atoms with Crippen molar-refractivity contribution in [3.8, 4) is 0 Å². The Morgan fingerprint density at radius 1 is 1.03 bits per heavy atom. The van der Waals surface area contributed by atoms with Crippen molar-refractivity contribution < 1.29 is 9.59 Å². The van der Waals surface area contributed by atoms with Crippen LogP contribution in [0.4, 0.5) is 5.69 Å². The molecule has 0 saturated carbocycles. The molecular weight excluding hydrogens is 434 g/mol. The lowest BCUT2D eigenvalue weighted by atomic mass is 9.90. The van der Waals surface area contributed by atoms with Crippen molar-refractivity contribution in [3.63, 3.8) is 0 Å². The van der Waals surface area contributed by atoms with Gasteiger partial charge in [0.15, 0.2) is 0 Å². The second kappa shape index (κ2) is 10.4.